The third-order valence-corrected chi connectivity index (χ3v) is 2.63. The van der Waals surface area contributed by atoms with Gasteiger partial charge in [0, 0.05) is 12.7 Å². The van der Waals surface area contributed by atoms with Gasteiger partial charge in [0.25, 0.3) is 5.69 Å². The van der Waals surface area contributed by atoms with Crippen molar-refractivity contribution in [2.24, 2.45) is 0 Å². The highest BCUT2D eigenvalue weighted by Gasteiger charge is 2.17. The van der Waals surface area contributed by atoms with E-state index in [9.17, 15) is 10.1 Å². The summed E-state index contributed by atoms with van der Waals surface area (Å²) in [6.45, 7) is 0.608. The Hall–Kier alpha value is -2.41. The van der Waals surface area contributed by atoms with E-state index in [4.69, 9.17) is 4.74 Å². The Morgan fingerprint density at radius 3 is 2.89 bits per heavy atom. The van der Waals surface area contributed by atoms with E-state index in [-0.39, 0.29) is 5.69 Å². The minimum Gasteiger partial charge on any atom is -0.496 e. The lowest BCUT2D eigenvalue weighted by atomic mass is 10.2. The van der Waals surface area contributed by atoms with Gasteiger partial charge in [0.2, 0.25) is 0 Å². The van der Waals surface area contributed by atoms with Crippen LogP contribution in [0, 0.1) is 10.1 Å². The first-order chi connectivity index (χ1) is 9.15. The topological polar surface area (TPSA) is 82.2 Å². The molecule has 0 unspecified atom stereocenters. The number of nitrogens with one attached hydrogen (secondary N) is 1. The summed E-state index contributed by atoms with van der Waals surface area (Å²) in [5.41, 5.74) is 1.18. The maximum atomic E-state index is 11.1. The maximum absolute atomic E-state index is 11.1. The van der Waals surface area contributed by atoms with Gasteiger partial charge in [-0.15, -0.1) is 0 Å². The van der Waals surface area contributed by atoms with Crippen molar-refractivity contribution in [2.45, 2.75) is 6.54 Å². The fraction of sp³-hybridized carbons (Fsp3) is 0.250. The predicted molar refractivity (Wildman–Crippen MR) is 69.5 cm³/mol. The number of nitro groups is 1. The number of benzene rings is 1. The molecule has 0 saturated carbocycles. The lowest BCUT2D eigenvalue weighted by Crippen LogP contribution is -2.07. The van der Waals surface area contributed by atoms with E-state index in [2.05, 4.69) is 10.4 Å². The number of ether oxygens (including phenoxy) is 1. The summed E-state index contributed by atoms with van der Waals surface area (Å²) in [4.78, 5) is 10.6. The summed E-state index contributed by atoms with van der Waals surface area (Å²) in [6.07, 6.45) is 1.70. The first-order valence-corrected chi connectivity index (χ1v) is 5.67. The van der Waals surface area contributed by atoms with Crippen molar-refractivity contribution >= 4 is 5.69 Å². The molecular weight excluding hydrogens is 248 g/mol. The molecule has 0 saturated heterocycles. The molecule has 0 fully saturated rings. The summed E-state index contributed by atoms with van der Waals surface area (Å²) in [5.74, 6) is 0.443. The van der Waals surface area contributed by atoms with Crippen molar-refractivity contribution < 1.29 is 9.66 Å². The van der Waals surface area contributed by atoms with Gasteiger partial charge in [-0.2, -0.15) is 5.10 Å². The molecule has 0 radical (unpaired) electrons. The lowest BCUT2D eigenvalue weighted by molar-refractivity contribution is -0.384. The second kappa shape index (κ2) is 5.49. The molecule has 7 heteroatoms. The molecule has 0 aliphatic carbocycles. The number of nitrogens with zero attached hydrogens (tertiary/aromatic N) is 3. The Bertz CT molecular complexity index is 594. The zero-order chi connectivity index (χ0) is 13.8. The molecule has 0 bridgehead atoms. The number of rotatable bonds is 5. The van der Waals surface area contributed by atoms with Gasteiger partial charge in [-0.1, -0.05) is 0 Å². The molecule has 1 aromatic heterocycles. The van der Waals surface area contributed by atoms with Crippen LogP contribution in [0.2, 0.25) is 0 Å². The molecule has 100 valence electrons. The van der Waals surface area contributed by atoms with Gasteiger partial charge in [-0.3, -0.25) is 10.1 Å². The SMILES string of the molecule is CNCc1ccn(-c2ccc(OC)cc2[N+](=O)[O-])n1. The van der Waals surface area contributed by atoms with Gasteiger partial charge in [0.05, 0.1) is 23.8 Å². The Morgan fingerprint density at radius 2 is 2.26 bits per heavy atom. The fourth-order valence-corrected chi connectivity index (χ4v) is 1.74. The third kappa shape index (κ3) is 2.71. The summed E-state index contributed by atoms with van der Waals surface area (Å²) in [6, 6.07) is 6.48. The molecule has 0 aliphatic rings. The molecule has 1 aromatic carbocycles. The molecule has 1 heterocycles. The molecule has 2 aromatic rings. The van der Waals surface area contributed by atoms with Crippen molar-refractivity contribution in [1.29, 1.82) is 0 Å². The molecule has 0 spiro atoms. The van der Waals surface area contributed by atoms with Crippen LogP contribution in [-0.4, -0.2) is 28.9 Å². The highest BCUT2D eigenvalue weighted by molar-refractivity contribution is 5.55. The Kier molecular flexibility index (Phi) is 3.76. The van der Waals surface area contributed by atoms with Gasteiger partial charge >= 0.3 is 0 Å². The van der Waals surface area contributed by atoms with Crippen LogP contribution in [0.4, 0.5) is 5.69 Å². The third-order valence-electron chi connectivity index (χ3n) is 2.63. The summed E-state index contributed by atoms with van der Waals surface area (Å²) in [7, 11) is 3.28. The second-order valence-electron chi connectivity index (χ2n) is 3.89. The van der Waals surface area contributed by atoms with Gasteiger partial charge in [-0.25, -0.2) is 4.68 Å². The van der Waals surface area contributed by atoms with Gasteiger partial charge in [0.1, 0.15) is 11.4 Å². The quantitative estimate of drug-likeness (QED) is 0.652. The van der Waals surface area contributed by atoms with E-state index in [1.54, 1.807) is 18.3 Å². The maximum Gasteiger partial charge on any atom is 0.298 e. The van der Waals surface area contributed by atoms with Gasteiger partial charge in [-0.05, 0) is 25.2 Å². The van der Waals surface area contributed by atoms with Gasteiger partial charge in [0.15, 0.2) is 0 Å². The molecular formula is C12H14N4O3. The van der Waals surface area contributed by atoms with Crippen molar-refractivity contribution in [3.05, 3.63) is 46.3 Å². The monoisotopic (exact) mass is 262 g/mol. The van der Waals surface area contributed by atoms with Crippen molar-refractivity contribution in [1.82, 2.24) is 15.1 Å². The lowest BCUT2D eigenvalue weighted by Gasteiger charge is -2.05. The van der Waals surface area contributed by atoms with Crippen LogP contribution in [0.3, 0.4) is 0 Å². The largest absolute Gasteiger partial charge is 0.496 e. The normalized spacial score (nSPS) is 10.4. The zero-order valence-corrected chi connectivity index (χ0v) is 10.7. The molecule has 0 atom stereocenters. The molecule has 1 N–H and O–H groups in total. The number of methoxy groups -OCH3 is 1. The molecule has 19 heavy (non-hydrogen) atoms. The molecule has 2 rings (SSSR count). The number of hydrogen-bond donors (Lipinski definition) is 1. The fourth-order valence-electron chi connectivity index (χ4n) is 1.74. The van der Waals surface area contributed by atoms with E-state index in [1.165, 1.54) is 17.9 Å². The van der Waals surface area contributed by atoms with E-state index in [0.29, 0.717) is 18.0 Å². The first-order valence-electron chi connectivity index (χ1n) is 5.67. The van der Waals surface area contributed by atoms with E-state index < -0.39 is 4.92 Å². The minimum atomic E-state index is -0.447. The average Bonchev–Trinajstić information content (AvgIpc) is 2.87. The highest BCUT2D eigenvalue weighted by atomic mass is 16.6. The van der Waals surface area contributed by atoms with E-state index in [1.807, 2.05) is 13.1 Å². The van der Waals surface area contributed by atoms with Crippen LogP contribution in [-0.2, 0) is 6.54 Å². The number of nitro benzene ring substituents is 1. The summed E-state index contributed by atoms with van der Waals surface area (Å²) in [5, 5.41) is 18.3. The van der Waals surface area contributed by atoms with Crippen molar-refractivity contribution in [3.8, 4) is 11.4 Å². The van der Waals surface area contributed by atoms with Crippen molar-refractivity contribution in [2.75, 3.05) is 14.2 Å². The van der Waals surface area contributed by atoms with E-state index in [0.717, 1.165) is 5.69 Å². The summed E-state index contributed by atoms with van der Waals surface area (Å²) >= 11 is 0. The van der Waals surface area contributed by atoms with Crippen LogP contribution in [0.15, 0.2) is 30.5 Å². The summed E-state index contributed by atoms with van der Waals surface area (Å²) < 4.78 is 6.49. The molecule has 0 aliphatic heterocycles. The predicted octanol–water partition coefficient (Wildman–Crippen LogP) is 1.51. The van der Waals surface area contributed by atoms with Crippen LogP contribution in [0.5, 0.6) is 5.75 Å². The van der Waals surface area contributed by atoms with Crippen LogP contribution >= 0.6 is 0 Å². The van der Waals surface area contributed by atoms with Crippen LogP contribution in [0.25, 0.3) is 5.69 Å². The number of aromatic nitrogens is 2. The number of hydrogen-bond acceptors (Lipinski definition) is 5. The van der Waals surface area contributed by atoms with Crippen molar-refractivity contribution in [3.63, 3.8) is 0 Å². The highest BCUT2D eigenvalue weighted by Crippen LogP contribution is 2.27. The average molecular weight is 262 g/mol. The van der Waals surface area contributed by atoms with Crippen LogP contribution in [0.1, 0.15) is 5.69 Å². The van der Waals surface area contributed by atoms with E-state index >= 15 is 0 Å². The Labute approximate surface area is 110 Å². The van der Waals surface area contributed by atoms with Crippen LogP contribution < -0.4 is 10.1 Å². The first kappa shape index (κ1) is 13.0. The zero-order valence-electron chi connectivity index (χ0n) is 10.7. The van der Waals surface area contributed by atoms with Gasteiger partial charge < -0.3 is 10.1 Å². The Morgan fingerprint density at radius 1 is 1.47 bits per heavy atom. The molecule has 7 nitrogen and oxygen atoms in total. The Balaban J connectivity index is 2.45. The smallest absolute Gasteiger partial charge is 0.298 e. The second-order valence-corrected chi connectivity index (χ2v) is 3.89. The minimum absolute atomic E-state index is 0.0431. The standard InChI is InChI=1S/C12H14N4O3/c1-13-8-9-5-6-15(14-9)11-4-3-10(19-2)7-12(11)16(17)18/h3-7,13H,8H2,1-2H3. The molecule has 0 amide bonds.